The molecule has 1 aromatic carbocycles. The highest BCUT2D eigenvalue weighted by Crippen LogP contribution is 2.36. The van der Waals surface area contributed by atoms with Crippen molar-refractivity contribution in [1.82, 2.24) is 5.32 Å². The van der Waals surface area contributed by atoms with E-state index in [-0.39, 0.29) is 5.97 Å². The van der Waals surface area contributed by atoms with Gasteiger partial charge in [0.2, 0.25) is 0 Å². The van der Waals surface area contributed by atoms with Gasteiger partial charge in [-0.25, -0.2) is 0 Å². The molecule has 0 radical (unpaired) electrons. The molecule has 0 aliphatic heterocycles. The summed E-state index contributed by atoms with van der Waals surface area (Å²) < 4.78 is 16.0. The number of carbonyl (C=O) groups is 1. The van der Waals surface area contributed by atoms with Gasteiger partial charge >= 0.3 is 5.97 Å². The first kappa shape index (κ1) is 16.8. The predicted molar refractivity (Wildman–Crippen MR) is 80.2 cm³/mol. The van der Waals surface area contributed by atoms with Crippen molar-refractivity contribution in [3.63, 3.8) is 0 Å². The maximum absolute atomic E-state index is 11.0. The Hall–Kier alpha value is -1.27. The maximum atomic E-state index is 11.0. The minimum atomic E-state index is -0.180. The van der Waals surface area contributed by atoms with Crippen molar-refractivity contribution in [1.29, 1.82) is 0 Å². The molecule has 0 unspecified atom stereocenters. The van der Waals surface area contributed by atoms with Gasteiger partial charge in [0.05, 0.1) is 25.8 Å². The first-order chi connectivity index (χ1) is 9.62. The summed E-state index contributed by atoms with van der Waals surface area (Å²) in [6.45, 7) is 1.45. The van der Waals surface area contributed by atoms with Crippen molar-refractivity contribution < 1.29 is 19.0 Å². The summed E-state index contributed by atoms with van der Waals surface area (Å²) >= 11 is 3.46. The number of carbonyl (C=O) groups excluding carboxylic acids is 1. The molecule has 1 rings (SSSR count). The number of benzene rings is 1. The topological polar surface area (TPSA) is 56.8 Å². The highest BCUT2D eigenvalue weighted by atomic mass is 79.9. The van der Waals surface area contributed by atoms with Gasteiger partial charge in [-0.3, -0.25) is 4.79 Å². The molecule has 0 aliphatic rings. The number of rotatable bonds is 8. The van der Waals surface area contributed by atoms with Crippen LogP contribution in [0.2, 0.25) is 0 Å². The van der Waals surface area contributed by atoms with E-state index in [0.717, 1.165) is 23.0 Å². The molecule has 0 atom stereocenters. The second-order valence-corrected chi connectivity index (χ2v) is 5.02. The molecule has 0 heterocycles. The monoisotopic (exact) mass is 345 g/mol. The number of nitrogens with one attached hydrogen (secondary N) is 1. The zero-order chi connectivity index (χ0) is 15.0. The van der Waals surface area contributed by atoms with Crippen molar-refractivity contribution >= 4 is 21.9 Å². The molecular weight excluding hydrogens is 326 g/mol. The van der Waals surface area contributed by atoms with E-state index in [1.807, 2.05) is 12.1 Å². The SMILES string of the molecule is COC(=O)CCCNCc1cc(Br)c(OC)c(OC)c1. The van der Waals surface area contributed by atoms with Crippen molar-refractivity contribution in [2.75, 3.05) is 27.9 Å². The minimum Gasteiger partial charge on any atom is -0.493 e. The fraction of sp³-hybridized carbons (Fsp3) is 0.500. The summed E-state index contributed by atoms with van der Waals surface area (Å²) in [4.78, 5) is 11.0. The Balaban J connectivity index is 2.48. The molecule has 0 bridgehead atoms. The Labute approximate surface area is 127 Å². The van der Waals surface area contributed by atoms with Gasteiger partial charge in [-0.1, -0.05) is 0 Å². The Kier molecular flexibility index (Phi) is 7.40. The summed E-state index contributed by atoms with van der Waals surface area (Å²) in [7, 11) is 4.61. The van der Waals surface area contributed by atoms with Crippen LogP contribution in [-0.2, 0) is 16.1 Å². The molecule has 20 heavy (non-hydrogen) atoms. The van der Waals surface area contributed by atoms with Gasteiger partial charge in [-0.05, 0) is 46.6 Å². The van der Waals surface area contributed by atoms with Crippen LogP contribution in [0.15, 0.2) is 16.6 Å². The molecule has 0 aliphatic carbocycles. The van der Waals surface area contributed by atoms with E-state index in [2.05, 4.69) is 26.0 Å². The fourth-order valence-corrected chi connectivity index (χ4v) is 2.42. The molecule has 112 valence electrons. The Morgan fingerprint density at radius 2 is 2.00 bits per heavy atom. The van der Waals surface area contributed by atoms with Gasteiger partial charge < -0.3 is 19.5 Å². The van der Waals surface area contributed by atoms with Gasteiger partial charge in [0.1, 0.15) is 0 Å². The Morgan fingerprint density at radius 3 is 2.60 bits per heavy atom. The van der Waals surface area contributed by atoms with E-state index >= 15 is 0 Å². The third kappa shape index (κ3) is 5.02. The lowest BCUT2D eigenvalue weighted by Gasteiger charge is -2.12. The molecule has 0 saturated carbocycles. The van der Waals surface area contributed by atoms with E-state index in [1.165, 1.54) is 7.11 Å². The van der Waals surface area contributed by atoms with Crippen LogP contribution in [-0.4, -0.2) is 33.8 Å². The largest absolute Gasteiger partial charge is 0.493 e. The first-order valence-electron chi connectivity index (χ1n) is 6.30. The van der Waals surface area contributed by atoms with Gasteiger partial charge in [-0.15, -0.1) is 0 Å². The Bertz CT molecular complexity index is 451. The molecule has 0 spiro atoms. The lowest BCUT2D eigenvalue weighted by atomic mass is 10.2. The molecule has 1 aromatic rings. The van der Waals surface area contributed by atoms with Crippen molar-refractivity contribution in [3.05, 3.63) is 22.2 Å². The van der Waals surface area contributed by atoms with E-state index in [0.29, 0.717) is 24.5 Å². The summed E-state index contributed by atoms with van der Waals surface area (Å²) in [5.74, 6) is 1.19. The van der Waals surface area contributed by atoms with Crippen molar-refractivity contribution in [2.24, 2.45) is 0 Å². The van der Waals surface area contributed by atoms with E-state index < -0.39 is 0 Å². The normalized spacial score (nSPS) is 10.2. The van der Waals surface area contributed by atoms with E-state index in [9.17, 15) is 4.79 Å². The van der Waals surface area contributed by atoms with Crippen LogP contribution >= 0.6 is 15.9 Å². The number of esters is 1. The molecule has 0 amide bonds. The van der Waals surface area contributed by atoms with Crippen molar-refractivity contribution in [2.45, 2.75) is 19.4 Å². The van der Waals surface area contributed by atoms with Gasteiger partial charge in [0.15, 0.2) is 11.5 Å². The fourth-order valence-electron chi connectivity index (χ4n) is 1.77. The lowest BCUT2D eigenvalue weighted by molar-refractivity contribution is -0.140. The van der Waals surface area contributed by atoms with Crippen LogP contribution < -0.4 is 14.8 Å². The highest BCUT2D eigenvalue weighted by molar-refractivity contribution is 9.10. The zero-order valence-electron chi connectivity index (χ0n) is 12.0. The molecule has 6 heteroatoms. The molecule has 0 saturated heterocycles. The number of hydrogen-bond donors (Lipinski definition) is 1. The zero-order valence-corrected chi connectivity index (χ0v) is 13.6. The van der Waals surface area contributed by atoms with Crippen LogP contribution in [0.3, 0.4) is 0 Å². The van der Waals surface area contributed by atoms with Crippen LogP contribution in [0.4, 0.5) is 0 Å². The summed E-state index contributed by atoms with van der Waals surface area (Å²) in [5, 5.41) is 3.27. The minimum absolute atomic E-state index is 0.180. The van der Waals surface area contributed by atoms with E-state index in [1.54, 1.807) is 14.2 Å². The third-order valence-electron chi connectivity index (χ3n) is 2.78. The van der Waals surface area contributed by atoms with Gasteiger partial charge in [0.25, 0.3) is 0 Å². The second kappa shape index (κ2) is 8.81. The third-order valence-corrected chi connectivity index (χ3v) is 3.37. The van der Waals surface area contributed by atoms with Crippen LogP contribution in [0.5, 0.6) is 11.5 Å². The molecule has 0 fully saturated rings. The van der Waals surface area contributed by atoms with Crippen LogP contribution in [0.25, 0.3) is 0 Å². The molecule has 1 N–H and O–H groups in total. The number of ether oxygens (including phenoxy) is 3. The number of hydrogen-bond acceptors (Lipinski definition) is 5. The Morgan fingerprint density at radius 1 is 1.25 bits per heavy atom. The highest BCUT2D eigenvalue weighted by Gasteiger charge is 2.10. The summed E-state index contributed by atoms with van der Waals surface area (Å²) in [6, 6.07) is 3.91. The van der Waals surface area contributed by atoms with Crippen LogP contribution in [0, 0.1) is 0 Å². The predicted octanol–water partition coefficient (Wildman–Crippen LogP) is 2.51. The first-order valence-corrected chi connectivity index (χ1v) is 7.09. The maximum Gasteiger partial charge on any atom is 0.305 e. The average molecular weight is 346 g/mol. The average Bonchev–Trinajstić information content (AvgIpc) is 2.45. The van der Waals surface area contributed by atoms with Crippen molar-refractivity contribution in [3.8, 4) is 11.5 Å². The van der Waals surface area contributed by atoms with E-state index in [4.69, 9.17) is 9.47 Å². The van der Waals surface area contributed by atoms with Gasteiger partial charge in [-0.2, -0.15) is 0 Å². The summed E-state index contributed by atoms with van der Waals surface area (Å²) in [6.07, 6.45) is 1.18. The van der Waals surface area contributed by atoms with Gasteiger partial charge in [0, 0.05) is 13.0 Å². The number of methoxy groups -OCH3 is 3. The number of halogens is 1. The molecular formula is C14H20BrNO4. The molecule has 0 aromatic heterocycles. The standard InChI is InChI=1S/C14H20BrNO4/c1-18-12-8-10(7-11(15)14(12)20-3)9-16-6-4-5-13(17)19-2/h7-8,16H,4-6,9H2,1-3H3. The smallest absolute Gasteiger partial charge is 0.305 e. The van der Waals surface area contributed by atoms with Crippen LogP contribution in [0.1, 0.15) is 18.4 Å². The molecule has 5 nitrogen and oxygen atoms in total. The lowest BCUT2D eigenvalue weighted by Crippen LogP contribution is -2.16. The summed E-state index contributed by atoms with van der Waals surface area (Å²) in [5.41, 5.74) is 1.08. The second-order valence-electron chi connectivity index (χ2n) is 4.17. The quantitative estimate of drug-likeness (QED) is 0.579.